The Hall–Kier alpha value is -1.84. The van der Waals surface area contributed by atoms with Crippen LogP contribution in [0.2, 0.25) is 0 Å². The van der Waals surface area contributed by atoms with Crippen molar-refractivity contribution in [2.24, 2.45) is 0 Å². The lowest BCUT2D eigenvalue weighted by atomic mass is 10.2. The maximum Gasteiger partial charge on any atom is 0.335 e. The van der Waals surface area contributed by atoms with E-state index in [1.807, 2.05) is 0 Å². The molecule has 1 aromatic rings. The predicted octanol–water partition coefficient (Wildman–Crippen LogP) is 3.51. The number of benzene rings is 1. The fourth-order valence-corrected chi connectivity index (χ4v) is 1.33. The molecule has 0 atom stereocenters. The average molecular weight is 266 g/mol. The summed E-state index contributed by atoms with van der Waals surface area (Å²) in [5.74, 6) is -1.05. The zero-order valence-corrected chi connectivity index (χ0v) is 11.6. The van der Waals surface area contributed by atoms with Gasteiger partial charge in [-0.3, -0.25) is 4.79 Å². The van der Waals surface area contributed by atoms with Gasteiger partial charge in [0.1, 0.15) is 0 Å². The minimum atomic E-state index is -0.879. The van der Waals surface area contributed by atoms with E-state index in [-0.39, 0.29) is 5.97 Å². The molecule has 0 aliphatic heterocycles. The van der Waals surface area contributed by atoms with Crippen molar-refractivity contribution in [3.8, 4) is 0 Å². The van der Waals surface area contributed by atoms with Crippen LogP contribution in [0.3, 0.4) is 0 Å². The van der Waals surface area contributed by atoms with Crippen LogP contribution in [0.1, 0.15) is 49.9 Å². The van der Waals surface area contributed by atoms with Gasteiger partial charge in [0.15, 0.2) is 0 Å². The van der Waals surface area contributed by atoms with Crippen molar-refractivity contribution < 1.29 is 19.4 Å². The van der Waals surface area contributed by atoms with E-state index in [0.29, 0.717) is 12.2 Å². The van der Waals surface area contributed by atoms with Crippen molar-refractivity contribution >= 4 is 11.9 Å². The number of unbranched alkanes of at least 4 members (excludes halogenated alkanes) is 3. The van der Waals surface area contributed by atoms with E-state index in [4.69, 9.17) is 9.84 Å². The molecule has 4 nitrogen and oxygen atoms in total. The van der Waals surface area contributed by atoms with Gasteiger partial charge in [0.05, 0.1) is 12.2 Å². The van der Waals surface area contributed by atoms with Gasteiger partial charge in [0.25, 0.3) is 0 Å². The zero-order valence-electron chi connectivity index (χ0n) is 11.6. The molecule has 0 amide bonds. The molecule has 1 aromatic carbocycles. The van der Waals surface area contributed by atoms with Crippen molar-refractivity contribution in [1.82, 2.24) is 0 Å². The van der Waals surface area contributed by atoms with Crippen molar-refractivity contribution in [1.29, 1.82) is 0 Å². The molecule has 1 rings (SSSR count). The first-order chi connectivity index (χ1) is 9.07. The number of ether oxygens (including phenoxy) is 1. The van der Waals surface area contributed by atoms with Crippen molar-refractivity contribution in [3.63, 3.8) is 0 Å². The number of esters is 1. The minimum Gasteiger partial charge on any atom is -0.478 e. The molecule has 0 aromatic heterocycles. The van der Waals surface area contributed by atoms with E-state index in [1.54, 1.807) is 30.3 Å². The molecule has 0 saturated carbocycles. The van der Waals surface area contributed by atoms with Gasteiger partial charge in [0.2, 0.25) is 0 Å². The number of rotatable bonds is 6. The summed E-state index contributed by atoms with van der Waals surface area (Å²) < 4.78 is 4.75. The third kappa shape index (κ3) is 11.0. The minimum absolute atomic E-state index is 0.170. The Bertz CT molecular complexity index is 360. The Labute approximate surface area is 114 Å². The first-order valence-electron chi connectivity index (χ1n) is 6.49. The SMILES string of the molecule is CCCCCCOC(C)=O.O=C(O)c1ccccc1. The summed E-state index contributed by atoms with van der Waals surface area (Å²) in [6.07, 6.45) is 4.64. The highest BCUT2D eigenvalue weighted by atomic mass is 16.5. The topological polar surface area (TPSA) is 63.6 Å². The summed E-state index contributed by atoms with van der Waals surface area (Å²) in [6, 6.07) is 8.30. The lowest BCUT2D eigenvalue weighted by Crippen LogP contribution is -1.99. The maximum absolute atomic E-state index is 10.3. The second kappa shape index (κ2) is 11.3. The summed E-state index contributed by atoms with van der Waals surface area (Å²) in [7, 11) is 0. The van der Waals surface area contributed by atoms with Crippen LogP contribution in [0, 0.1) is 0 Å². The fourth-order valence-electron chi connectivity index (χ4n) is 1.33. The normalized spacial score (nSPS) is 9.16. The van der Waals surface area contributed by atoms with E-state index in [1.165, 1.54) is 26.2 Å². The average Bonchev–Trinajstić information content (AvgIpc) is 2.40. The zero-order chi connectivity index (χ0) is 14.5. The molecule has 4 heteroatoms. The standard InChI is InChI=1S/C8H16O2.C7H6O2/c1-3-4-5-6-7-10-8(2)9;8-7(9)6-4-2-1-3-5-6/h3-7H2,1-2H3;1-5H,(H,8,9). The molecule has 0 unspecified atom stereocenters. The van der Waals surface area contributed by atoms with E-state index in [2.05, 4.69) is 6.92 Å². The molecule has 0 radical (unpaired) electrons. The Morgan fingerprint density at radius 1 is 1.11 bits per heavy atom. The summed E-state index contributed by atoms with van der Waals surface area (Å²) in [5.41, 5.74) is 0.331. The summed E-state index contributed by atoms with van der Waals surface area (Å²) in [6.45, 7) is 4.20. The van der Waals surface area contributed by atoms with Crippen molar-refractivity contribution in [3.05, 3.63) is 35.9 Å². The molecule has 0 bridgehead atoms. The van der Waals surface area contributed by atoms with Gasteiger partial charge in [-0.2, -0.15) is 0 Å². The highest BCUT2D eigenvalue weighted by Crippen LogP contribution is 1.98. The van der Waals surface area contributed by atoms with Crippen LogP contribution in [0.4, 0.5) is 0 Å². The molecule has 0 fully saturated rings. The fraction of sp³-hybridized carbons (Fsp3) is 0.467. The summed E-state index contributed by atoms with van der Waals surface area (Å²) in [5, 5.41) is 8.38. The second-order valence-corrected chi connectivity index (χ2v) is 4.07. The molecule has 0 heterocycles. The molecular formula is C15H22O4. The molecule has 19 heavy (non-hydrogen) atoms. The molecule has 106 valence electrons. The first kappa shape index (κ1) is 17.2. The van der Waals surface area contributed by atoms with Crippen LogP contribution in [0.25, 0.3) is 0 Å². The number of aromatic carboxylic acids is 1. The number of carbonyl (C=O) groups is 2. The van der Waals surface area contributed by atoms with E-state index in [0.717, 1.165) is 6.42 Å². The van der Waals surface area contributed by atoms with Crippen LogP contribution < -0.4 is 0 Å². The number of carboxylic acids is 1. The van der Waals surface area contributed by atoms with Gasteiger partial charge in [-0.05, 0) is 18.6 Å². The van der Waals surface area contributed by atoms with Crippen molar-refractivity contribution in [2.45, 2.75) is 39.5 Å². The Morgan fingerprint density at radius 2 is 1.74 bits per heavy atom. The Morgan fingerprint density at radius 3 is 2.16 bits per heavy atom. The monoisotopic (exact) mass is 266 g/mol. The van der Waals surface area contributed by atoms with Crippen LogP contribution in [0.15, 0.2) is 30.3 Å². The number of hydrogen-bond donors (Lipinski definition) is 1. The Balaban J connectivity index is 0.000000342. The predicted molar refractivity (Wildman–Crippen MR) is 74.2 cm³/mol. The second-order valence-electron chi connectivity index (χ2n) is 4.07. The lowest BCUT2D eigenvalue weighted by molar-refractivity contribution is -0.141. The smallest absolute Gasteiger partial charge is 0.335 e. The summed E-state index contributed by atoms with van der Waals surface area (Å²) >= 11 is 0. The maximum atomic E-state index is 10.3. The number of carboxylic acid groups (broad SMARTS) is 1. The van der Waals surface area contributed by atoms with E-state index >= 15 is 0 Å². The van der Waals surface area contributed by atoms with Gasteiger partial charge < -0.3 is 9.84 Å². The van der Waals surface area contributed by atoms with Gasteiger partial charge in [-0.1, -0.05) is 44.4 Å². The number of carbonyl (C=O) groups excluding carboxylic acids is 1. The van der Waals surface area contributed by atoms with Crippen LogP contribution in [-0.2, 0) is 9.53 Å². The largest absolute Gasteiger partial charge is 0.478 e. The lowest BCUT2D eigenvalue weighted by Gasteiger charge is -1.99. The van der Waals surface area contributed by atoms with Gasteiger partial charge in [-0.25, -0.2) is 4.79 Å². The molecule has 0 aliphatic carbocycles. The third-order valence-corrected chi connectivity index (χ3v) is 2.32. The third-order valence-electron chi connectivity index (χ3n) is 2.32. The van der Waals surface area contributed by atoms with E-state index < -0.39 is 5.97 Å². The highest BCUT2D eigenvalue weighted by molar-refractivity contribution is 5.87. The van der Waals surface area contributed by atoms with Gasteiger partial charge >= 0.3 is 11.9 Å². The van der Waals surface area contributed by atoms with Gasteiger partial charge in [-0.15, -0.1) is 0 Å². The molecule has 0 saturated heterocycles. The number of hydrogen-bond acceptors (Lipinski definition) is 3. The van der Waals surface area contributed by atoms with E-state index in [9.17, 15) is 9.59 Å². The Kier molecular flexibility index (Phi) is 10.2. The van der Waals surface area contributed by atoms with Crippen LogP contribution in [-0.4, -0.2) is 23.7 Å². The van der Waals surface area contributed by atoms with Gasteiger partial charge in [0, 0.05) is 6.92 Å². The molecule has 0 spiro atoms. The first-order valence-corrected chi connectivity index (χ1v) is 6.49. The molecule has 0 aliphatic rings. The molecular weight excluding hydrogens is 244 g/mol. The summed E-state index contributed by atoms with van der Waals surface area (Å²) in [4.78, 5) is 20.5. The molecule has 1 N–H and O–H groups in total. The highest BCUT2D eigenvalue weighted by Gasteiger charge is 1.96. The van der Waals surface area contributed by atoms with Crippen molar-refractivity contribution in [2.75, 3.05) is 6.61 Å². The van der Waals surface area contributed by atoms with Crippen LogP contribution in [0.5, 0.6) is 0 Å². The quantitative estimate of drug-likeness (QED) is 0.632. The van der Waals surface area contributed by atoms with Crippen LogP contribution >= 0.6 is 0 Å².